The summed E-state index contributed by atoms with van der Waals surface area (Å²) in [7, 11) is -2.65. The highest BCUT2D eigenvalue weighted by atomic mass is 28.3. The second kappa shape index (κ2) is 10.9. The van der Waals surface area contributed by atoms with Crippen LogP contribution in [0.4, 0.5) is 0 Å². The van der Waals surface area contributed by atoms with Gasteiger partial charge in [-0.25, -0.2) is 9.97 Å². The van der Waals surface area contributed by atoms with Crippen molar-refractivity contribution in [1.82, 2.24) is 9.97 Å². The number of hydrogen-bond acceptors (Lipinski definition) is 2. The summed E-state index contributed by atoms with van der Waals surface area (Å²) in [6.07, 6.45) is 1.76. The van der Waals surface area contributed by atoms with E-state index in [4.69, 9.17) is 9.97 Å². The molecule has 2 aliphatic carbocycles. The van der Waals surface area contributed by atoms with Crippen LogP contribution in [0.3, 0.4) is 0 Å². The van der Waals surface area contributed by atoms with Gasteiger partial charge in [0.1, 0.15) is 0 Å². The standard InChI is InChI=1S/C48H32N2Si/c1-3-16-34(17-4-1)51(35-18-5-2-6-19-35)44-25-12-11-22-39(44)40-27-26-33(30-45(40)51)48-49-46-37-21-10-8-15-32(37)29-43(46)47(50-48)41-24-13-23-38-36-20-9-7-14-31(36)28-42(38)41/h1-27,30H,28-29H2. The zero-order chi connectivity index (χ0) is 33.5. The van der Waals surface area contributed by atoms with Gasteiger partial charge in [-0.05, 0) is 66.1 Å². The molecule has 3 aliphatic rings. The van der Waals surface area contributed by atoms with Gasteiger partial charge in [0, 0.05) is 28.7 Å². The van der Waals surface area contributed by atoms with E-state index in [0.29, 0.717) is 0 Å². The zero-order valence-corrected chi connectivity index (χ0v) is 29.0. The van der Waals surface area contributed by atoms with Crippen molar-refractivity contribution in [3.05, 3.63) is 192 Å². The molecule has 0 saturated heterocycles. The normalized spacial score (nSPS) is 13.9. The second-order valence-electron chi connectivity index (χ2n) is 14.0. The van der Waals surface area contributed by atoms with Crippen molar-refractivity contribution in [2.45, 2.75) is 12.8 Å². The summed E-state index contributed by atoms with van der Waals surface area (Å²) in [6.45, 7) is 0. The highest BCUT2D eigenvalue weighted by Crippen LogP contribution is 2.46. The van der Waals surface area contributed by atoms with E-state index < -0.39 is 8.07 Å². The molecule has 2 heterocycles. The van der Waals surface area contributed by atoms with Gasteiger partial charge in [-0.3, -0.25) is 0 Å². The quantitative estimate of drug-likeness (QED) is 0.177. The highest BCUT2D eigenvalue weighted by molar-refractivity contribution is 7.22. The lowest BCUT2D eigenvalue weighted by Gasteiger charge is -2.31. The van der Waals surface area contributed by atoms with Gasteiger partial charge in [0.2, 0.25) is 0 Å². The lowest BCUT2D eigenvalue weighted by molar-refractivity contribution is 1.13. The first kappa shape index (κ1) is 28.7. The molecule has 0 N–H and O–H groups in total. The van der Waals surface area contributed by atoms with Crippen LogP contribution < -0.4 is 20.7 Å². The van der Waals surface area contributed by atoms with Crippen LogP contribution in [-0.4, -0.2) is 18.0 Å². The van der Waals surface area contributed by atoms with E-state index in [1.54, 1.807) is 0 Å². The number of rotatable bonds is 4. The Kier molecular flexibility index (Phi) is 6.13. The van der Waals surface area contributed by atoms with Crippen molar-refractivity contribution >= 4 is 28.8 Å². The van der Waals surface area contributed by atoms with E-state index in [0.717, 1.165) is 35.6 Å². The number of fused-ring (bicyclic) bond motifs is 9. The molecule has 0 amide bonds. The Morgan fingerprint density at radius 3 is 1.65 bits per heavy atom. The van der Waals surface area contributed by atoms with Gasteiger partial charge in [-0.2, -0.15) is 0 Å². The Morgan fingerprint density at radius 1 is 0.373 bits per heavy atom. The van der Waals surface area contributed by atoms with Gasteiger partial charge >= 0.3 is 0 Å². The fourth-order valence-electron chi connectivity index (χ4n) is 9.28. The smallest absolute Gasteiger partial charge is 0.180 e. The number of hydrogen-bond donors (Lipinski definition) is 0. The molecule has 11 rings (SSSR count). The van der Waals surface area contributed by atoms with Gasteiger partial charge in [-0.15, -0.1) is 0 Å². The summed E-state index contributed by atoms with van der Waals surface area (Å²) in [5, 5.41) is 5.63. The van der Waals surface area contributed by atoms with E-state index in [2.05, 4.69) is 170 Å². The molecule has 0 saturated carbocycles. The molecular weight excluding hydrogens is 633 g/mol. The number of nitrogens with zero attached hydrogens (tertiary/aromatic N) is 2. The molecule has 1 aliphatic heterocycles. The minimum Gasteiger partial charge on any atom is -0.228 e. The van der Waals surface area contributed by atoms with Crippen molar-refractivity contribution in [3.63, 3.8) is 0 Å². The molecule has 0 radical (unpaired) electrons. The third-order valence-corrected chi connectivity index (χ3v) is 16.3. The van der Waals surface area contributed by atoms with E-state index >= 15 is 0 Å². The molecule has 8 aromatic rings. The number of aromatic nitrogens is 2. The summed E-state index contributed by atoms with van der Waals surface area (Å²) in [5.74, 6) is 0.788. The van der Waals surface area contributed by atoms with Gasteiger partial charge in [0.25, 0.3) is 0 Å². The minimum absolute atomic E-state index is 0.788. The van der Waals surface area contributed by atoms with Crippen molar-refractivity contribution in [2.75, 3.05) is 0 Å². The van der Waals surface area contributed by atoms with Crippen LogP contribution in [0.5, 0.6) is 0 Å². The summed E-state index contributed by atoms with van der Waals surface area (Å²) >= 11 is 0. The summed E-state index contributed by atoms with van der Waals surface area (Å²) in [5.41, 5.74) is 16.3. The summed E-state index contributed by atoms with van der Waals surface area (Å²) in [6, 6.07) is 62.9. The van der Waals surface area contributed by atoms with Gasteiger partial charge < -0.3 is 0 Å². The molecule has 0 unspecified atom stereocenters. The summed E-state index contributed by atoms with van der Waals surface area (Å²) < 4.78 is 0. The molecule has 7 aromatic carbocycles. The second-order valence-corrected chi connectivity index (χ2v) is 17.7. The Bertz CT molecular complexity index is 2660. The average Bonchev–Trinajstić information content (AvgIpc) is 3.86. The topological polar surface area (TPSA) is 25.8 Å². The Labute approximate surface area is 298 Å². The first-order chi connectivity index (χ1) is 25.3. The van der Waals surface area contributed by atoms with Crippen LogP contribution in [0, 0.1) is 0 Å². The molecule has 51 heavy (non-hydrogen) atoms. The molecule has 0 bridgehead atoms. The van der Waals surface area contributed by atoms with Crippen LogP contribution in [0.2, 0.25) is 0 Å². The summed E-state index contributed by atoms with van der Waals surface area (Å²) in [4.78, 5) is 11.0. The van der Waals surface area contributed by atoms with Gasteiger partial charge in [0.05, 0.1) is 11.4 Å². The molecule has 238 valence electrons. The fraction of sp³-hybridized carbons (Fsp3) is 0.0417. The maximum Gasteiger partial charge on any atom is 0.180 e. The van der Waals surface area contributed by atoms with E-state index in [9.17, 15) is 0 Å². The van der Waals surface area contributed by atoms with Gasteiger partial charge in [-0.1, -0.05) is 170 Å². The molecule has 0 spiro atoms. The molecular formula is C48H32N2Si. The van der Waals surface area contributed by atoms with Crippen LogP contribution >= 0.6 is 0 Å². The lowest BCUT2D eigenvalue weighted by atomic mass is 9.95. The van der Waals surface area contributed by atoms with Crippen LogP contribution in [0.25, 0.3) is 56.2 Å². The molecule has 2 nitrogen and oxygen atoms in total. The molecule has 1 aromatic heterocycles. The Morgan fingerprint density at radius 2 is 0.902 bits per heavy atom. The minimum atomic E-state index is -2.65. The van der Waals surface area contributed by atoms with E-state index in [-0.39, 0.29) is 0 Å². The van der Waals surface area contributed by atoms with Crippen LogP contribution in [0.1, 0.15) is 22.3 Å². The first-order valence-electron chi connectivity index (χ1n) is 17.8. The first-order valence-corrected chi connectivity index (χ1v) is 19.8. The monoisotopic (exact) mass is 664 g/mol. The van der Waals surface area contributed by atoms with Crippen molar-refractivity contribution in [2.24, 2.45) is 0 Å². The third-order valence-electron chi connectivity index (χ3n) is 11.5. The maximum absolute atomic E-state index is 5.58. The predicted molar refractivity (Wildman–Crippen MR) is 212 cm³/mol. The zero-order valence-electron chi connectivity index (χ0n) is 28.0. The lowest BCUT2D eigenvalue weighted by Crippen LogP contribution is -2.72. The molecule has 3 heteroatoms. The molecule has 0 fully saturated rings. The van der Waals surface area contributed by atoms with Crippen molar-refractivity contribution < 1.29 is 0 Å². The largest absolute Gasteiger partial charge is 0.228 e. The van der Waals surface area contributed by atoms with Crippen molar-refractivity contribution in [1.29, 1.82) is 0 Å². The fourth-order valence-corrected chi connectivity index (χ4v) is 14.5. The number of benzene rings is 7. The predicted octanol–water partition coefficient (Wildman–Crippen LogP) is 8.31. The Hall–Kier alpha value is -6.16. The van der Waals surface area contributed by atoms with Crippen LogP contribution in [-0.2, 0) is 12.8 Å². The molecule has 0 atom stereocenters. The Balaban J connectivity index is 1.17. The van der Waals surface area contributed by atoms with Gasteiger partial charge in [0.15, 0.2) is 13.9 Å². The van der Waals surface area contributed by atoms with E-state index in [1.807, 2.05) is 0 Å². The van der Waals surface area contributed by atoms with E-state index in [1.165, 1.54) is 76.4 Å². The average molecular weight is 665 g/mol. The third kappa shape index (κ3) is 4.04. The van der Waals surface area contributed by atoms with Crippen LogP contribution in [0.15, 0.2) is 170 Å². The maximum atomic E-state index is 5.58. The highest BCUT2D eigenvalue weighted by Gasteiger charge is 2.48. The van der Waals surface area contributed by atoms with Crippen molar-refractivity contribution in [3.8, 4) is 56.2 Å². The SMILES string of the molecule is c1ccc([Si]2(c3ccccc3)c3ccccc3-c3ccc(-c4nc5c(c(-c6cccc7c6Cc6ccccc6-7)n4)Cc4ccccc4-5)cc32)cc1.